The molecule has 4 nitrogen and oxygen atoms in total. The fraction of sp³-hybridized carbons (Fsp3) is 0.273. The standard InChI is InChI=1S/C22H23FN4.ClH/c1-14-15(2)24-22(25-19-7-5-4-6-8-19)26-21(14)27-12-11-17-13-18(23)9-10-20(17)16(27)3;/h4-10,13,16H,11-12H2,1-3H3,(H,24,25,26);1H. The van der Waals surface area contributed by atoms with Crippen LogP contribution in [0.3, 0.4) is 0 Å². The maximum atomic E-state index is 13.6. The highest BCUT2D eigenvalue weighted by molar-refractivity contribution is 5.85. The van der Waals surface area contributed by atoms with Gasteiger partial charge in [0.25, 0.3) is 0 Å². The third kappa shape index (κ3) is 3.80. The highest BCUT2D eigenvalue weighted by Crippen LogP contribution is 2.35. The number of rotatable bonds is 3. The lowest BCUT2D eigenvalue weighted by Crippen LogP contribution is -2.35. The number of fused-ring (bicyclic) bond motifs is 1. The molecular formula is C22H24ClFN4. The molecular weight excluding hydrogens is 375 g/mol. The largest absolute Gasteiger partial charge is 0.349 e. The molecule has 0 radical (unpaired) electrons. The summed E-state index contributed by atoms with van der Waals surface area (Å²) >= 11 is 0. The number of anilines is 3. The van der Waals surface area contributed by atoms with Crippen molar-refractivity contribution >= 4 is 29.9 Å². The maximum absolute atomic E-state index is 13.6. The summed E-state index contributed by atoms with van der Waals surface area (Å²) in [5, 5.41) is 3.29. The van der Waals surface area contributed by atoms with Crippen molar-refractivity contribution in [1.82, 2.24) is 9.97 Å². The molecule has 0 spiro atoms. The van der Waals surface area contributed by atoms with Gasteiger partial charge in [0.15, 0.2) is 0 Å². The van der Waals surface area contributed by atoms with E-state index < -0.39 is 0 Å². The normalized spacial score (nSPS) is 15.6. The summed E-state index contributed by atoms with van der Waals surface area (Å²) in [4.78, 5) is 11.7. The number of nitrogens with zero attached hydrogens (tertiary/aromatic N) is 3. The molecule has 0 fully saturated rings. The second-order valence-corrected chi connectivity index (χ2v) is 7.03. The van der Waals surface area contributed by atoms with E-state index in [-0.39, 0.29) is 24.3 Å². The van der Waals surface area contributed by atoms with Gasteiger partial charge < -0.3 is 10.2 Å². The van der Waals surface area contributed by atoms with Gasteiger partial charge in [0.2, 0.25) is 5.95 Å². The maximum Gasteiger partial charge on any atom is 0.229 e. The molecule has 0 aliphatic carbocycles. The number of nitrogens with one attached hydrogen (secondary N) is 1. The number of halogens is 2. The molecule has 1 unspecified atom stereocenters. The van der Waals surface area contributed by atoms with E-state index in [1.165, 1.54) is 0 Å². The molecule has 1 aliphatic heterocycles. The zero-order valence-corrected chi connectivity index (χ0v) is 17.1. The molecule has 28 heavy (non-hydrogen) atoms. The van der Waals surface area contributed by atoms with Gasteiger partial charge in [0.05, 0.1) is 6.04 Å². The summed E-state index contributed by atoms with van der Waals surface area (Å²) < 4.78 is 13.6. The number of hydrogen-bond acceptors (Lipinski definition) is 4. The quantitative estimate of drug-likeness (QED) is 0.630. The third-order valence-electron chi connectivity index (χ3n) is 5.31. The fourth-order valence-corrected chi connectivity index (χ4v) is 3.69. The monoisotopic (exact) mass is 398 g/mol. The van der Waals surface area contributed by atoms with Crippen molar-refractivity contribution in [2.75, 3.05) is 16.8 Å². The topological polar surface area (TPSA) is 41.1 Å². The number of aryl methyl sites for hydroxylation is 1. The smallest absolute Gasteiger partial charge is 0.229 e. The first kappa shape index (κ1) is 20.1. The predicted octanol–water partition coefficient (Wildman–Crippen LogP) is 5.52. The van der Waals surface area contributed by atoms with Gasteiger partial charge >= 0.3 is 0 Å². The molecule has 2 aromatic carbocycles. The molecule has 0 saturated heterocycles. The van der Waals surface area contributed by atoms with Crippen molar-refractivity contribution in [3.05, 3.63) is 76.7 Å². The Hall–Kier alpha value is -2.66. The fourth-order valence-electron chi connectivity index (χ4n) is 3.69. The second-order valence-electron chi connectivity index (χ2n) is 7.03. The molecule has 2 heterocycles. The second kappa shape index (κ2) is 8.15. The van der Waals surface area contributed by atoms with E-state index in [4.69, 9.17) is 4.98 Å². The van der Waals surface area contributed by atoms with E-state index in [2.05, 4.69) is 29.0 Å². The summed E-state index contributed by atoms with van der Waals surface area (Å²) in [5.41, 5.74) is 5.24. The Balaban J connectivity index is 0.00000225. The van der Waals surface area contributed by atoms with Gasteiger partial charge in [-0.15, -0.1) is 12.4 Å². The van der Waals surface area contributed by atoms with E-state index in [0.29, 0.717) is 5.95 Å². The zero-order valence-electron chi connectivity index (χ0n) is 16.2. The van der Waals surface area contributed by atoms with Crippen molar-refractivity contribution in [3.63, 3.8) is 0 Å². The first-order valence-electron chi connectivity index (χ1n) is 9.25. The van der Waals surface area contributed by atoms with Gasteiger partial charge in [-0.2, -0.15) is 4.98 Å². The average Bonchev–Trinajstić information content (AvgIpc) is 2.66. The third-order valence-corrected chi connectivity index (χ3v) is 5.31. The minimum Gasteiger partial charge on any atom is -0.349 e. The van der Waals surface area contributed by atoms with Crippen LogP contribution in [0.1, 0.15) is 35.3 Å². The molecule has 0 bridgehead atoms. The van der Waals surface area contributed by atoms with Crippen LogP contribution in [-0.4, -0.2) is 16.5 Å². The molecule has 1 aliphatic rings. The summed E-state index contributed by atoms with van der Waals surface area (Å²) in [5.74, 6) is 1.36. The van der Waals surface area contributed by atoms with Gasteiger partial charge in [-0.05, 0) is 62.6 Å². The van der Waals surface area contributed by atoms with Crippen LogP contribution in [0.2, 0.25) is 0 Å². The van der Waals surface area contributed by atoms with Crippen molar-refractivity contribution in [1.29, 1.82) is 0 Å². The van der Waals surface area contributed by atoms with Crippen LogP contribution in [0.4, 0.5) is 21.8 Å². The highest BCUT2D eigenvalue weighted by atomic mass is 35.5. The first-order chi connectivity index (χ1) is 13.0. The number of para-hydroxylation sites is 1. The molecule has 0 amide bonds. The molecule has 1 aromatic heterocycles. The SMILES string of the molecule is Cc1nc(Nc2ccccc2)nc(N2CCc3cc(F)ccc3C2C)c1C.Cl. The number of benzene rings is 2. The van der Waals surface area contributed by atoms with Crippen molar-refractivity contribution in [2.24, 2.45) is 0 Å². The minimum absolute atomic E-state index is 0. The lowest BCUT2D eigenvalue weighted by Gasteiger charge is -2.37. The van der Waals surface area contributed by atoms with E-state index in [0.717, 1.165) is 46.9 Å². The summed E-state index contributed by atoms with van der Waals surface area (Å²) in [7, 11) is 0. The van der Waals surface area contributed by atoms with Crippen LogP contribution in [0.15, 0.2) is 48.5 Å². The van der Waals surface area contributed by atoms with Crippen LogP contribution >= 0.6 is 12.4 Å². The van der Waals surface area contributed by atoms with E-state index in [1.807, 2.05) is 43.3 Å². The number of aromatic nitrogens is 2. The van der Waals surface area contributed by atoms with Crippen LogP contribution < -0.4 is 10.2 Å². The molecule has 6 heteroatoms. The van der Waals surface area contributed by atoms with Gasteiger partial charge in [-0.25, -0.2) is 9.37 Å². The van der Waals surface area contributed by atoms with E-state index in [1.54, 1.807) is 12.1 Å². The van der Waals surface area contributed by atoms with E-state index >= 15 is 0 Å². The lowest BCUT2D eigenvalue weighted by atomic mass is 9.93. The summed E-state index contributed by atoms with van der Waals surface area (Å²) in [6.07, 6.45) is 0.807. The molecule has 3 aromatic rings. The molecule has 0 saturated carbocycles. The Morgan fingerprint density at radius 2 is 1.82 bits per heavy atom. The van der Waals surface area contributed by atoms with Crippen molar-refractivity contribution < 1.29 is 4.39 Å². The number of hydrogen-bond donors (Lipinski definition) is 1. The van der Waals surface area contributed by atoms with Gasteiger partial charge in [0.1, 0.15) is 11.6 Å². The molecule has 146 valence electrons. The molecule has 1 atom stereocenters. The van der Waals surface area contributed by atoms with Crippen LogP contribution in [0, 0.1) is 19.7 Å². The Bertz CT molecular complexity index is 978. The van der Waals surface area contributed by atoms with Crippen LogP contribution in [0.5, 0.6) is 0 Å². The van der Waals surface area contributed by atoms with Crippen molar-refractivity contribution in [3.8, 4) is 0 Å². The lowest BCUT2D eigenvalue weighted by molar-refractivity contribution is 0.593. The highest BCUT2D eigenvalue weighted by Gasteiger charge is 2.27. The average molecular weight is 399 g/mol. The Morgan fingerprint density at radius 3 is 2.57 bits per heavy atom. The Labute approximate surface area is 171 Å². The summed E-state index contributed by atoms with van der Waals surface area (Å²) in [6, 6.07) is 15.1. The Kier molecular flexibility index (Phi) is 5.84. The zero-order chi connectivity index (χ0) is 19.0. The molecule has 1 N–H and O–H groups in total. The predicted molar refractivity (Wildman–Crippen MR) is 114 cm³/mol. The summed E-state index contributed by atoms with van der Waals surface area (Å²) in [6.45, 7) is 7.02. The minimum atomic E-state index is -0.169. The first-order valence-corrected chi connectivity index (χ1v) is 9.25. The Morgan fingerprint density at radius 1 is 1.07 bits per heavy atom. The van der Waals surface area contributed by atoms with Gasteiger partial charge in [-0.3, -0.25) is 0 Å². The van der Waals surface area contributed by atoms with Gasteiger partial charge in [-0.1, -0.05) is 24.3 Å². The van der Waals surface area contributed by atoms with Crippen molar-refractivity contribution in [2.45, 2.75) is 33.2 Å². The van der Waals surface area contributed by atoms with Crippen LogP contribution in [-0.2, 0) is 6.42 Å². The van der Waals surface area contributed by atoms with Gasteiger partial charge in [0, 0.05) is 23.5 Å². The van der Waals surface area contributed by atoms with Crippen LogP contribution in [0.25, 0.3) is 0 Å². The van der Waals surface area contributed by atoms with E-state index in [9.17, 15) is 4.39 Å². The molecule has 4 rings (SSSR count).